The summed E-state index contributed by atoms with van der Waals surface area (Å²) in [6.07, 6.45) is 0.830. The van der Waals surface area contributed by atoms with Crippen LogP contribution >= 0.6 is 0 Å². The summed E-state index contributed by atoms with van der Waals surface area (Å²) in [6, 6.07) is 14.7. The molecule has 22 heavy (non-hydrogen) atoms. The Morgan fingerprint density at radius 1 is 1.14 bits per heavy atom. The molecule has 2 aromatic carbocycles. The van der Waals surface area contributed by atoms with Crippen LogP contribution in [0.1, 0.15) is 5.56 Å². The minimum atomic E-state index is -0.223. The van der Waals surface area contributed by atoms with Gasteiger partial charge in [-0.2, -0.15) is 0 Å². The minimum Gasteiger partial charge on any atom is -0.497 e. The summed E-state index contributed by atoms with van der Waals surface area (Å²) < 4.78 is 10.6. The highest BCUT2D eigenvalue weighted by Crippen LogP contribution is 2.17. The first-order valence-electron chi connectivity index (χ1n) is 7.07. The van der Waals surface area contributed by atoms with E-state index in [4.69, 9.17) is 15.2 Å². The van der Waals surface area contributed by atoms with Crippen molar-refractivity contribution in [2.45, 2.75) is 6.42 Å². The first-order chi connectivity index (χ1) is 10.7. The zero-order chi connectivity index (χ0) is 15.8. The monoisotopic (exact) mass is 300 g/mol. The van der Waals surface area contributed by atoms with Gasteiger partial charge in [-0.05, 0) is 42.8 Å². The average Bonchev–Trinajstić information content (AvgIpc) is 2.55. The maximum absolute atomic E-state index is 11.9. The van der Waals surface area contributed by atoms with Gasteiger partial charge in [-0.25, -0.2) is 0 Å². The van der Waals surface area contributed by atoms with Crippen LogP contribution in [0.25, 0.3) is 0 Å². The molecule has 0 heterocycles. The fourth-order valence-electron chi connectivity index (χ4n) is 1.97. The van der Waals surface area contributed by atoms with E-state index in [-0.39, 0.29) is 12.5 Å². The molecule has 0 bridgehead atoms. The predicted molar refractivity (Wildman–Crippen MR) is 86.3 cm³/mol. The van der Waals surface area contributed by atoms with Crippen molar-refractivity contribution in [3.05, 3.63) is 54.1 Å². The highest BCUT2D eigenvalue weighted by molar-refractivity contribution is 5.92. The van der Waals surface area contributed by atoms with E-state index in [0.717, 1.165) is 12.0 Å². The number of carbonyl (C=O) groups excluding carboxylic acids is 1. The van der Waals surface area contributed by atoms with E-state index in [1.165, 1.54) is 0 Å². The molecule has 0 unspecified atom stereocenters. The van der Waals surface area contributed by atoms with Gasteiger partial charge in [0.05, 0.1) is 7.11 Å². The minimum absolute atomic E-state index is 0.0482. The Balaban J connectivity index is 1.84. The maximum atomic E-state index is 11.9. The first kappa shape index (κ1) is 15.9. The van der Waals surface area contributed by atoms with Crippen molar-refractivity contribution < 1.29 is 14.3 Å². The molecular weight excluding hydrogens is 280 g/mol. The SMILES string of the molecule is COc1cccc(NC(=O)COc2ccc(CCN)cc2)c1. The van der Waals surface area contributed by atoms with Gasteiger partial charge in [0.15, 0.2) is 6.61 Å². The van der Waals surface area contributed by atoms with Crippen molar-refractivity contribution in [3.63, 3.8) is 0 Å². The van der Waals surface area contributed by atoms with Crippen molar-refractivity contribution in [1.29, 1.82) is 0 Å². The molecule has 1 amide bonds. The molecule has 0 aromatic heterocycles. The number of hydrogen-bond donors (Lipinski definition) is 2. The van der Waals surface area contributed by atoms with Gasteiger partial charge in [-0.3, -0.25) is 4.79 Å². The second-order valence-electron chi connectivity index (χ2n) is 4.75. The van der Waals surface area contributed by atoms with Gasteiger partial charge in [0, 0.05) is 11.8 Å². The molecule has 5 heteroatoms. The Morgan fingerprint density at radius 3 is 2.59 bits per heavy atom. The molecule has 3 N–H and O–H groups in total. The van der Waals surface area contributed by atoms with Crippen LogP contribution < -0.4 is 20.5 Å². The van der Waals surface area contributed by atoms with Crippen LogP contribution in [0.15, 0.2) is 48.5 Å². The lowest BCUT2D eigenvalue weighted by Crippen LogP contribution is -2.20. The van der Waals surface area contributed by atoms with E-state index in [1.54, 1.807) is 19.2 Å². The summed E-state index contributed by atoms with van der Waals surface area (Å²) in [5, 5.41) is 2.76. The summed E-state index contributed by atoms with van der Waals surface area (Å²) >= 11 is 0. The van der Waals surface area contributed by atoms with E-state index in [1.807, 2.05) is 36.4 Å². The summed E-state index contributed by atoms with van der Waals surface area (Å²) in [5.74, 6) is 1.12. The fraction of sp³-hybridized carbons (Fsp3) is 0.235. The smallest absolute Gasteiger partial charge is 0.262 e. The van der Waals surface area contributed by atoms with Crippen molar-refractivity contribution in [3.8, 4) is 11.5 Å². The second-order valence-corrected chi connectivity index (χ2v) is 4.75. The lowest BCUT2D eigenvalue weighted by Gasteiger charge is -2.09. The highest BCUT2D eigenvalue weighted by atomic mass is 16.5. The van der Waals surface area contributed by atoms with Crippen LogP contribution in [0.4, 0.5) is 5.69 Å². The zero-order valence-corrected chi connectivity index (χ0v) is 12.5. The van der Waals surface area contributed by atoms with Crippen molar-refractivity contribution in [2.24, 2.45) is 5.73 Å². The number of carbonyl (C=O) groups is 1. The lowest BCUT2D eigenvalue weighted by molar-refractivity contribution is -0.118. The molecule has 116 valence electrons. The largest absolute Gasteiger partial charge is 0.497 e. The summed E-state index contributed by atoms with van der Waals surface area (Å²) in [6.45, 7) is 0.566. The quantitative estimate of drug-likeness (QED) is 0.822. The van der Waals surface area contributed by atoms with Gasteiger partial charge >= 0.3 is 0 Å². The average molecular weight is 300 g/mol. The van der Waals surface area contributed by atoms with Gasteiger partial charge in [-0.1, -0.05) is 18.2 Å². The molecule has 0 aliphatic rings. The maximum Gasteiger partial charge on any atom is 0.262 e. The Kier molecular flexibility index (Phi) is 5.80. The van der Waals surface area contributed by atoms with Crippen LogP contribution in [0, 0.1) is 0 Å². The molecular formula is C17H20N2O3. The number of amides is 1. The van der Waals surface area contributed by atoms with E-state index >= 15 is 0 Å². The third-order valence-electron chi connectivity index (χ3n) is 3.08. The molecule has 0 radical (unpaired) electrons. The van der Waals surface area contributed by atoms with Crippen LogP contribution in [0.5, 0.6) is 11.5 Å². The van der Waals surface area contributed by atoms with Crippen molar-refractivity contribution >= 4 is 11.6 Å². The van der Waals surface area contributed by atoms with Gasteiger partial charge in [0.25, 0.3) is 5.91 Å². The normalized spacial score (nSPS) is 10.1. The number of benzene rings is 2. The third-order valence-corrected chi connectivity index (χ3v) is 3.08. The molecule has 5 nitrogen and oxygen atoms in total. The Hall–Kier alpha value is -2.53. The molecule has 0 aliphatic carbocycles. The number of methoxy groups -OCH3 is 1. The summed E-state index contributed by atoms with van der Waals surface area (Å²) in [5.41, 5.74) is 7.32. The molecule has 2 aromatic rings. The standard InChI is InChI=1S/C17H20N2O3/c1-21-16-4-2-3-14(11-16)19-17(20)12-22-15-7-5-13(6-8-15)9-10-18/h2-8,11H,9-10,12,18H2,1H3,(H,19,20). The number of nitrogens with one attached hydrogen (secondary N) is 1. The third kappa shape index (κ3) is 4.79. The molecule has 2 rings (SSSR count). The second kappa shape index (κ2) is 8.05. The molecule has 0 saturated carbocycles. The molecule has 0 spiro atoms. The number of ether oxygens (including phenoxy) is 2. The summed E-state index contributed by atoms with van der Waals surface area (Å²) in [7, 11) is 1.58. The van der Waals surface area contributed by atoms with Gasteiger partial charge < -0.3 is 20.5 Å². The first-order valence-corrected chi connectivity index (χ1v) is 7.07. The van der Waals surface area contributed by atoms with Gasteiger partial charge in [0.2, 0.25) is 0 Å². The fourth-order valence-corrected chi connectivity index (χ4v) is 1.97. The highest BCUT2D eigenvalue weighted by Gasteiger charge is 2.04. The van der Waals surface area contributed by atoms with Crippen molar-refractivity contribution in [2.75, 3.05) is 25.6 Å². The zero-order valence-electron chi connectivity index (χ0n) is 12.5. The number of nitrogens with two attached hydrogens (primary N) is 1. The molecule has 0 saturated heterocycles. The van der Waals surface area contributed by atoms with Crippen LogP contribution in [-0.2, 0) is 11.2 Å². The van der Waals surface area contributed by atoms with Crippen LogP contribution in [0.3, 0.4) is 0 Å². The molecule has 0 fully saturated rings. The van der Waals surface area contributed by atoms with Crippen molar-refractivity contribution in [1.82, 2.24) is 0 Å². The number of rotatable bonds is 7. The van der Waals surface area contributed by atoms with E-state index in [2.05, 4.69) is 5.32 Å². The van der Waals surface area contributed by atoms with Gasteiger partial charge in [0.1, 0.15) is 11.5 Å². The van der Waals surface area contributed by atoms with Gasteiger partial charge in [-0.15, -0.1) is 0 Å². The van der Waals surface area contributed by atoms with Crippen LogP contribution in [-0.4, -0.2) is 26.2 Å². The topological polar surface area (TPSA) is 73.6 Å². The van der Waals surface area contributed by atoms with E-state index in [9.17, 15) is 4.79 Å². The molecule has 0 aliphatic heterocycles. The Morgan fingerprint density at radius 2 is 1.91 bits per heavy atom. The summed E-state index contributed by atoms with van der Waals surface area (Å²) in [4.78, 5) is 11.9. The van der Waals surface area contributed by atoms with Crippen LogP contribution in [0.2, 0.25) is 0 Å². The predicted octanol–water partition coefficient (Wildman–Crippen LogP) is 2.21. The number of anilines is 1. The Labute approximate surface area is 130 Å². The van der Waals surface area contributed by atoms with E-state index < -0.39 is 0 Å². The molecule has 0 atom stereocenters. The number of hydrogen-bond acceptors (Lipinski definition) is 4. The lowest BCUT2D eigenvalue weighted by atomic mass is 10.1. The Bertz CT molecular complexity index is 612. The van der Waals surface area contributed by atoms with E-state index in [0.29, 0.717) is 23.7 Å².